The Labute approximate surface area is 247 Å². The van der Waals surface area contributed by atoms with Crippen LogP contribution in [0, 0.1) is 12.3 Å². The first-order valence-corrected chi connectivity index (χ1v) is 15.2. The van der Waals surface area contributed by atoms with Crippen LogP contribution in [-0.2, 0) is 23.4 Å². The van der Waals surface area contributed by atoms with E-state index in [0.717, 1.165) is 12.8 Å². The van der Waals surface area contributed by atoms with Crippen LogP contribution in [0.2, 0.25) is 0 Å². The number of carbonyl (C=O) groups is 1. The van der Waals surface area contributed by atoms with Crippen LogP contribution in [-0.4, -0.2) is 80.8 Å². The number of hydrogen-bond donors (Lipinski definition) is 3. The molecule has 0 amide bonds. The molecule has 1 aliphatic carbocycles. The highest BCUT2D eigenvalue weighted by Crippen LogP contribution is 2.48. The number of anilines is 2. The molecule has 0 radical (unpaired) electrons. The van der Waals surface area contributed by atoms with Crippen molar-refractivity contribution < 1.29 is 37.4 Å². The van der Waals surface area contributed by atoms with Crippen LogP contribution in [0.4, 0.5) is 16.2 Å². The summed E-state index contributed by atoms with van der Waals surface area (Å²) in [6.07, 6.45) is 3.86. The second-order valence-electron chi connectivity index (χ2n) is 10.3. The van der Waals surface area contributed by atoms with E-state index in [1.807, 2.05) is 17.9 Å². The first kappa shape index (κ1) is 30.7. The van der Waals surface area contributed by atoms with Gasteiger partial charge in [0.05, 0.1) is 19.5 Å². The molecule has 0 bridgehead atoms. The maximum Gasteiger partial charge on any atom is 0.459 e. The molecule has 4 N–H and O–H groups in total. The number of alkyl halides is 1. The molecule has 16 heteroatoms. The van der Waals surface area contributed by atoms with E-state index in [-0.39, 0.29) is 30.0 Å². The Kier molecular flexibility index (Phi) is 8.60. The third kappa shape index (κ3) is 6.15. The Hall–Kier alpha value is -3.80. The van der Waals surface area contributed by atoms with Crippen LogP contribution >= 0.6 is 7.75 Å². The molecular formula is C27H33FN7O7P. The van der Waals surface area contributed by atoms with Gasteiger partial charge in [0.15, 0.2) is 23.2 Å². The maximum absolute atomic E-state index is 16.3. The molecule has 43 heavy (non-hydrogen) atoms. The number of ether oxygens (including phenoxy) is 2. The minimum absolute atomic E-state index is 0.0684. The van der Waals surface area contributed by atoms with Crippen LogP contribution in [0.5, 0.6) is 5.75 Å². The topological polar surface area (TPSA) is 176 Å². The summed E-state index contributed by atoms with van der Waals surface area (Å²) in [4.78, 5) is 27.1. The van der Waals surface area contributed by atoms with Gasteiger partial charge in [-0.25, -0.2) is 13.9 Å². The molecule has 2 fully saturated rings. The highest BCUT2D eigenvalue weighted by atomic mass is 31.2. The summed E-state index contributed by atoms with van der Waals surface area (Å²) in [6.45, 7) is 2.50. The Morgan fingerprint density at radius 1 is 1.40 bits per heavy atom. The Morgan fingerprint density at radius 2 is 2.12 bits per heavy atom. The van der Waals surface area contributed by atoms with Gasteiger partial charge >= 0.3 is 13.7 Å². The third-order valence-electron chi connectivity index (χ3n) is 7.14. The van der Waals surface area contributed by atoms with Crippen LogP contribution in [0.1, 0.15) is 32.9 Å². The molecule has 230 valence electrons. The molecule has 5 rings (SSSR count). The normalized spacial score (nSPS) is 25.5. The summed E-state index contributed by atoms with van der Waals surface area (Å²) in [5.74, 6) is 1.86. The first-order valence-electron chi connectivity index (χ1n) is 13.7. The summed E-state index contributed by atoms with van der Waals surface area (Å²) < 4.78 is 53.4. The zero-order valence-electron chi connectivity index (χ0n) is 23.8. The van der Waals surface area contributed by atoms with Gasteiger partial charge in [0, 0.05) is 13.1 Å². The average Bonchev–Trinajstić information content (AvgIpc) is 3.71. The molecule has 1 saturated heterocycles. The predicted molar refractivity (Wildman–Crippen MR) is 154 cm³/mol. The first-order chi connectivity index (χ1) is 20.5. The number of aliphatic hydroxyl groups is 1. The number of fused-ring (bicyclic) bond motifs is 1. The van der Waals surface area contributed by atoms with Crippen molar-refractivity contribution in [3.8, 4) is 18.1 Å². The number of carbonyl (C=O) groups excluding carboxylic acids is 1. The molecule has 2 aliphatic rings. The summed E-state index contributed by atoms with van der Waals surface area (Å²) in [5.41, 5.74) is 3.70. The number of esters is 1. The van der Waals surface area contributed by atoms with Gasteiger partial charge in [-0.1, -0.05) is 24.1 Å². The lowest BCUT2D eigenvalue weighted by atomic mass is 9.97. The standard InChI is InChI=1S/C27H33FN7O7P/c1-5-27(28)21(36)19(14-40-43(38,33-16(3)24(37)39-6-2)42-18-10-8-7-9-11-18)41-25(27)35-15-30-20-22(34(4)17-12-13-17)31-26(29)32-23(20)35/h1,7-11,15-17,19,21,25,36H,6,12-14H2,2-4H3,(H,33,38)(H2,29,31,32)/t16-,19-,21-,25-,27-,43-/m1/s1. The fraction of sp³-hybridized carbons (Fsp3) is 0.481. The van der Waals surface area contributed by atoms with E-state index in [1.54, 1.807) is 25.1 Å². The predicted octanol–water partition coefficient (Wildman–Crippen LogP) is 2.35. The van der Waals surface area contributed by atoms with E-state index in [1.165, 1.54) is 30.0 Å². The van der Waals surface area contributed by atoms with Crippen molar-refractivity contribution in [3.05, 3.63) is 36.7 Å². The minimum atomic E-state index is -4.33. The van der Waals surface area contributed by atoms with Crippen LogP contribution < -0.4 is 20.2 Å². The number of rotatable bonds is 12. The summed E-state index contributed by atoms with van der Waals surface area (Å²) in [5, 5.41) is 13.5. The molecule has 1 aromatic carbocycles. The quantitative estimate of drug-likeness (QED) is 0.154. The van der Waals surface area contributed by atoms with Crippen LogP contribution in [0.3, 0.4) is 0 Å². The summed E-state index contributed by atoms with van der Waals surface area (Å²) in [6, 6.07) is 7.24. The van der Waals surface area contributed by atoms with Gasteiger partial charge in [-0.15, -0.1) is 6.42 Å². The fourth-order valence-corrected chi connectivity index (χ4v) is 6.22. The number of nitrogens with one attached hydrogen (secondary N) is 1. The van der Waals surface area contributed by atoms with E-state index < -0.39 is 50.5 Å². The molecule has 2 aromatic heterocycles. The molecule has 14 nitrogen and oxygen atoms in total. The van der Waals surface area contributed by atoms with Crippen molar-refractivity contribution in [1.29, 1.82) is 0 Å². The molecular weight excluding hydrogens is 584 g/mol. The van der Waals surface area contributed by atoms with Gasteiger partial charge in [0.2, 0.25) is 11.6 Å². The number of imidazole rings is 1. The average molecular weight is 618 g/mol. The summed E-state index contributed by atoms with van der Waals surface area (Å²) >= 11 is 0. The Balaban J connectivity index is 1.41. The highest BCUT2D eigenvalue weighted by molar-refractivity contribution is 7.52. The number of nitrogen functional groups attached to an aromatic ring is 1. The number of terminal acetylenes is 1. The van der Waals surface area contributed by atoms with Crippen molar-refractivity contribution in [1.82, 2.24) is 24.6 Å². The van der Waals surface area contributed by atoms with Gasteiger partial charge in [0.25, 0.3) is 0 Å². The smallest absolute Gasteiger partial charge is 0.459 e. The number of halogens is 1. The second kappa shape index (κ2) is 12.1. The Morgan fingerprint density at radius 3 is 2.77 bits per heavy atom. The van der Waals surface area contributed by atoms with Crippen LogP contribution in [0.25, 0.3) is 11.2 Å². The van der Waals surface area contributed by atoms with Crippen molar-refractivity contribution in [2.45, 2.75) is 62.9 Å². The lowest BCUT2D eigenvalue weighted by molar-refractivity contribution is -0.144. The SMILES string of the molecule is C#C[C@@]1(F)[C@H](O)[C@@H](CO[P@](=O)(N[C@H](C)C(=O)OCC)Oc2ccccc2)O[C@H]1n1cnc2c(N(C)C3CC3)nc(N)nc21. The monoisotopic (exact) mass is 617 g/mol. The van der Waals surface area contributed by atoms with E-state index >= 15 is 4.39 Å². The molecule has 3 aromatic rings. The molecule has 0 unspecified atom stereocenters. The van der Waals surface area contributed by atoms with E-state index in [0.29, 0.717) is 11.3 Å². The summed E-state index contributed by atoms with van der Waals surface area (Å²) in [7, 11) is -2.47. The molecule has 3 heterocycles. The van der Waals surface area contributed by atoms with Gasteiger partial charge in [-0.05, 0) is 38.8 Å². The third-order valence-corrected chi connectivity index (χ3v) is 8.78. The van der Waals surface area contributed by atoms with Gasteiger partial charge in [-0.2, -0.15) is 15.1 Å². The van der Waals surface area contributed by atoms with Crippen molar-refractivity contribution in [3.63, 3.8) is 0 Å². The Bertz CT molecular complexity index is 1570. The number of nitrogens with two attached hydrogens (primary N) is 1. The van der Waals surface area contributed by atoms with Crippen molar-refractivity contribution in [2.75, 3.05) is 30.9 Å². The number of aromatic nitrogens is 4. The zero-order valence-corrected chi connectivity index (χ0v) is 24.7. The number of benzene rings is 1. The second-order valence-corrected chi connectivity index (χ2v) is 11.9. The lowest BCUT2D eigenvalue weighted by Gasteiger charge is -2.25. The fourth-order valence-electron chi connectivity index (χ4n) is 4.72. The number of hydrogen-bond acceptors (Lipinski definition) is 12. The highest BCUT2D eigenvalue weighted by Gasteiger charge is 2.58. The number of para-hydroxylation sites is 1. The van der Waals surface area contributed by atoms with Gasteiger partial charge in [-0.3, -0.25) is 13.9 Å². The molecule has 1 aliphatic heterocycles. The van der Waals surface area contributed by atoms with E-state index in [2.05, 4.69) is 20.0 Å². The van der Waals surface area contributed by atoms with Crippen molar-refractivity contribution in [2.24, 2.45) is 0 Å². The van der Waals surface area contributed by atoms with Crippen molar-refractivity contribution >= 4 is 36.6 Å². The van der Waals surface area contributed by atoms with Crippen LogP contribution in [0.15, 0.2) is 36.7 Å². The number of nitrogens with zero attached hydrogens (tertiary/aromatic N) is 5. The zero-order chi connectivity index (χ0) is 30.9. The molecule has 1 saturated carbocycles. The maximum atomic E-state index is 16.3. The largest absolute Gasteiger partial charge is 0.465 e. The minimum Gasteiger partial charge on any atom is -0.465 e. The van der Waals surface area contributed by atoms with E-state index in [4.69, 9.17) is 30.7 Å². The van der Waals surface area contributed by atoms with E-state index in [9.17, 15) is 14.5 Å². The van der Waals surface area contributed by atoms with Gasteiger partial charge in [0.1, 0.15) is 24.0 Å². The van der Waals surface area contributed by atoms with Gasteiger partial charge < -0.3 is 29.7 Å². The lowest BCUT2D eigenvalue weighted by Crippen LogP contribution is -2.42. The molecule has 0 spiro atoms. The number of aliphatic hydroxyl groups excluding tert-OH is 1. The molecule has 6 atom stereocenters.